The fourth-order valence-electron chi connectivity index (χ4n) is 3.35. The van der Waals surface area contributed by atoms with E-state index in [-0.39, 0.29) is 25.1 Å². The predicted octanol–water partition coefficient (Wildman–Crippen LogP) is 1.10. The lowest BCUT2D eigenvalue weighted by atomic mass is 10.0. The van der Waals surface area contributed by atoms with Crippen LogP contribution < -0.4 is 5.32 Å². The Hall–Kier alpha value is -1.77. The van der Waals surface area contributed by atoms with Crippen molar-refractivity contribution in [2.24, 2.45) is 0 Å². The summed E-state index contributed by atoms with van der Waals surface area (Å²) in [6.07, 6.45) is -1.88. The fraction of sp³-hybridized carbons (Fsp3) is 0.421. The van der Waals surface area contributed by atoms with Gasteiger partial charge in [-0.25, -0.2) is 0 Å². The minimum absolute atomic E-state index is 0.157. The molecule has 1 fully saturated rings. The number of carbonyl (C=O) groups is 1. The van der Waals surface area contributed by atoms with E-state index in [0.29, 0.717) is 11.4 Å². The first kappa shape index (κ1) is 19.0. The summed E-state index contributed by atoms with van der Waals surface area (Å²) in [4.78, 5) is 14.8. The van der Waals surface area contributed by atoms with Crippen LogP contribution in [0.4, 0.5) is 0 Å². The maximum atomic E-state index is 12.2. The molecule has 1 aromatic carbocycles. The number of aliphatic hydroxyl groups excluding tert-OH is 2. The van der Waals surface area contributed by atoms with Crippen molar-refractivity contribution in [3.8, 4) is 0 Å². The summed E-state index contributed by atoms with van der Waals surface area (Å²) in [5.74, 6) is -0.157. The number of hydrogen-bond acceptors (Lipinski definition) is 6. The second kappa shape index (κ2) is 8.75. The van der Waals surface area contributed by atoms with E-state index in [2.05, 4.69) is 5.32 Å². The minimum Gasteiger partial charge on any atom is -0.394 e. The van der Waals surface area contributed by atoms with Gasteiger partial charge in [-0.1, -0.05) is 36.4 Å². The molecular formula is C19H24N2O4S. The molecule has 140 valence electrons. The Bertz CT molecular complexity index is 695. The first-order valence-corrected chi connectivity index (χ1v) is 9.48. The minimum atomic E-state index is -0.822. The van der Waals surface area contributed by atoms with E-state index in [9.17, 15) is 15.0 Å². The molecule has 2 heterocycles. The third-order valence-corrected chi connectivity index (χ3v) is 5.50. The summed E-state index contributed by atoms with van der Waals surface area (Å²) in [5.41, 5.74) is 1.12. The summed E-state index contributed by atoms with van der Waals surface area (Å²) in [7, 11) is 1.91. The average Bonchev–Trinajstić information content (AvgIpc) is 3.28. The lowest BCUT2D eigenvalue weighted by Crippen LogP contribution is -2.49. The van der Waals surface area contributed by atoms with E-state index in [0.717, 1.165) is 5.56 Å². The van der Waals surface area contributed by atoms with Crippen LogP contribution in [-0.4, -0.2) is 65.6 Å². The van der Waals surface area contributed by atoms with Gasteiger partial charge in [-0.3, -0.25) is 9.69 Å². The number of nitrogens with zero attached hydrogens (tertiary/aromatic N) is 1. The van der Waals surface area contributed by atoms with Gasteiger partial charge in [-0.15, -0.1) is 11.3 Å². The van der Waals surface area contributed by atoms with Gasteiger partial charge >= 0.3 is 0 Å². The second-order valence-corrected chi connectivity index (χ2v) is 7.41. The molecule has 0 unspecified atom stereocenters. The first-order valence-electron chi connectivity index (χ1n) is 8.60. The Balaban J connectivity index is 1.66. The van der Waals surface area contributed by atoms with Crippen LogP contribution in [0.25, 0.3) is 0 Å². The Morgan fingerprint density at radius 1 is 1.23 bits per heavy atom. The topological polar surface area (TPSA) is 82.0 Å². The summed E-state index contributed by atoms with van der Waals surface area (Å²) in [5, 5.41) is 24.8. The number of likely N-dealkylation sites (N-methyl/N-ethyl adjacent to an activating group) is 1. The van der Waals surface area contributed by atoms with E-state index in [1.807, 2.05) is 53.7 Å². The number of nitrogens with one attached hydrogen (secondary N) is 1. The maximum absolute atomic E-state index is 12.2. The number of aliphatic hydroxyl groups is 2. The number of ether oxygens (including phenoxy) is 1. The molecule has 0 aliphatic carbocycles. The lowest BCUT2D eigenvalue weighted by molar-refractivity contribution is -0.0209. The van der Waals surface area contributed by atoms with Crippen LogP contribution in [0.2, 0.25) is 0 Å². The van der Waals surface area contributed by atoms with Gasteiger partial charge < -0.3 is 20.3 Å². The Morgan fingerprint density at radius 3 is 2.65 bits per heavy atom. The van der Waals surface area contributed by atoms with Crippen LogP contribution in [-0.2, 0) is 11.3 Å². The fourth-order valence-corrected chi connectivity index (χ4v) is 3.99. The van der Waals surface area contributed by atoms with Crippen molar-refractivity contribution in [1.82, 2.24) is 10.2 Å². The van der Waals surface area contributed by atoms with Gasteiger partial charge in [0.05, 0.1) is 23.6 Å². The van der Waals surface area contributed by atoms with Crippen molar-refractivity contribution < 1.29 is 19.7 Å². The highest BCUT2D eigenvalue weighted by Gasteiger charge is 2.45. The quantitative estimate of drug-likeness (QED) is 0.674. The normalized spacial score (nSPS) is 25.5. The van der Waals surface area contributed by atoms with Gasteiger partial charge in [-0.05, 0) is 24.1 Å². The molecule has 7 heteroatoms. The zero-order valence-electron chi connectivity index (χ0n) is 14.6. The van der Waals surface area contributed by atoms with Crippen molar-refractivity contribution in [2.75, 3.05) is 20.2 Å². The Labute approximate surface area is 157 Å². The highest BCUT2D eigenvalue weighted by atomic mass is 32.1. The number of benzene rings is 1. The van der Waals surface area contributed by atoms with Gasteiger partial charge in [0.2, 0.25) is 0 Å². The highest BCUT2D eigenvalue weighted by molar-refractivity contribution is 7.12. The summed E-state index contributed by atoms with van der Waals surface area (Å²) >= 11 is 1.38. The van der Waals surface area contributed by atoms with Crippen LogP contribution in [0, 0.1) is 0 Å². The van der Waals surface area contributed by atoms with Crippen molar-refractivity contribution in [3.63, 3.8) is 0 Å². The number of hydrogen-bond donors (Lipinski definition) is 3. The summed E-state index contributed by atoms with van der Waals surface area (Å²) in [6.45, 7) is 0.653. The number of amides is 1. The Morgan fingerprint density at radius 2 is 2.00 bits per heavy atom. The molecule has 0 spiro atoms. The van der Waals surface area contributed by atoms with Crippen molar-refractivity contribution in [3.05, 3.63) is 58.3 Å². The van der Waals surface area contributed by atoms with Crippen LogP contribution in [0.1, 0.15) is 15.2 Å². The first-order chi connectivity index (χ1) is 12.6. The summed E-state index contributed by atoms with van der Waals surface area (Å²) < 4.78 is 5.81. The molecule has 0 radical (unpaired) electrons. The van der Waals surface area contributed by atoms with E-state index >= 15 is 0 Å². The molecule has 3 rings (SSSR count). The van der Waals surface area contributed by atoms with Crippen LogP contribution >= 0.6 is 11.3 Å². The molecular weight excluding hydrogens is 352 g/mol. The SMILES string of the molecule is CN(Cc1ccccc1)[C@H]1[C@H](O)[C@H](CO)O[C@@H]1CNC(=O)c1cccs1. The standard InChI is InChI=1S/C19H24N2O4S/c1-21(11-13-6-3-2-4-7-13)17-14(25-15(12-22)18(17)23)10-20-19(24)16-8-5-9-26-16/h2-9,14-15,17-18,22-23H,10-12H2,1H3,(H,20,24)/t14-,15+,17-,18-/m1/s1. The molecule has 4 atom stereocenters. The van der Waals surface area contributed by atoms with E-state index < -0.39 is 18.3 Å². The van der Waals surface area contributed by atoms with Gasteiger partial charge in [0.1, 0.15) is 12.2 Å². The lowest BCUT2D eigenvalue weighted by Gasteiger charge is -2.30. The molecule has 1 aliphatic heterocycles. The van der Waals surface area contributed by atoms with Gasteiger partial charge in [0.15, 0.2) is 0 Å². The molecule has 2 aromatic rings. The van der Waals surface area contributed by atoms with Gasteiger partial charge in [0, 0.05) is 13.1 Å². The summed E-state index contributed by atoms with van der Waals surface area (Å²) in [6, 6.07) is 13.2. The van der Waals surface area contributed by atoms with Crippen molar-refractivity contribution in [2.45, 2.75) is 30.9 Å². The molecule has 1 saturated heterocycles. The number of rotatable bonds is 7. The van der Waals surface area contributed by atoms with E-state index in [1.54, 1.807) is 6.07 Å². The van der Waals surface area contributed by atoms with Crippen molar-refractivity contribution in [1.29, 1.82) is 0 Å². The van der Waals surface area contributed by atoms with Gasteiger partial charge in [0.25, 0.3) is 5.91 Å². The molecule has 0 saturated carbocycles. The van der Waals surface area contributed by atoms with Crippen LogP contribution in [0.15, 0.2) is 47.8 Å². The van der Waals surface area contributed by atoms with Crippen LogP contribution in [0.3, 0.4) is 0 Å². The number of thiophene rings is 1. The molecule has 1 amide bonds. The van der Waals surface area contributed by atoms with E-state index in [4.69, 9.17) is 4.74 Å². The number of carbonyl (C=O) groups excluding carboxylic acids is 1. The zero-order valence-corrected chi connectivity index (χ0v) is 15.4. The molecule has 0 bridgehead atoms. The largest absolute Gasteiger partial charge is 0.394 e. The molecule has 3 N–H and O–H groups in total. The smallest absolute Gasteiger partial charge is 0.261 e. The monoisotopic (exact) mass is 376 g/mol. The third kappa shape index (κ3) is 4.31. The highest BCUT2D eigenvalue weighted by Crippen LogP contribution is 2.26. The average molecular weight is 376 g/mol. The second-order valence-electron chi connectivity index (χ2n) is 6.46. The third-order valence-electron chi connectivity index (χ3n) is 4.63. The molecule has 6 nitrogen and oxygen atoms in total. The molecule has 1 aromatic heterocycles. The van der Waals surface area contributed by atoms with Crippen LogP contribution in [0.5, 0.6) is 0 Å². The van der Waals surface area contributed by atoms with Gasteiger partial charge in [-0.2, -0.15) is 0 Å². The molecule has 26 heavy (non-hydrogen) atoms. The van der Waals surface area contributed by atoms with E-state index in [1.165, 1.54) is 11.3 Å². The predicted molar refractivity (Wildman–Crippen MR) is 100 cm³/mol. The zero-order chi connectivity index (χ0) is 18.5. The molecule has 1 aliphatic rings. The Kier molecular flexibility index (Phi) is 6.39. The maximum Gasteiger partial charge on any atom is 0.261 e. The van der Waals surface area contributed by atoms with Crippen molar-refractivity contribution >= 4 is 17.2 Å².